The summed E-state index contributed by atoms with van der Waals surface area (Å²) in [6.45, 7) is 1.67. The summed E-state index contributed by atoms with van der Waals surface area (Å²) in [5.74, 6) is 0.286. The van der Waals surface area contributed by atoms with Gasteiger partial charge in [-0.1, -0.05) is 5.16 Å². The summed E-state index contributed by atoms with van der Waals surface area (Å²) in [5, 5.41) is 8.88. The van der Waals surface area contributed by atoms with Crippen LogP contribution in [-0.2, 0) is 11.2 Å². The number of nitrogens with one attached hydrogen (secondary N) is 1. The van der Waals surface area contributed by atoms with Crippen molar-refractivity contribution in [2.24, 2.45) is 0 Å². The van der Waals surface area contributed by atoms with Gasteiger partial charge in [-0.2, -0.15) is 4.98 Å². The SMILES string of the molecule is Cc1cc(-c2noc(CCC(=O)Nc3nccs3)n2)ccc1F. The topological polar surface area (TPSA) is 80.9 Å². The monoisotopic (exact) mass is 332 g/mol. The number of aryl methyl sites for hydroxylation is 2. The van der Waals surface area contributed by atoms with Crippen LogP contribution in [-0.4, -0.2) is 21.0 Å². The molecular formula is C15H13FN4O2S. The van der Waals surface area contributed by atoms with Gasteiger partial charge in [0.2, 0.25) is 17.6 Å². The molecule has 2 aromatic heterocycles. The van der Waals surface area contributed by atoms with Gasteiger partial charge in [-0.25, -0.2) is 9.37 Å². The fourth-order valence-corrected chi connectivity index (χ4v) is 2.49. The van der Waals surface area contributed by atoms with Crippen molar-refractivity contribution in [1.82, 2.24) is 15.1 Å². The molecule has 0 atom stereocenters. The third-order valence-electron chi connectivity index (χ3n) is 3.13. The van der Waals surface area contributed by atoms with Gasteiger partial charge in [0.15, 0.2) is 5.13 Å². The van der Waals surface area contributed by atoms with Crippen LogP contribution in [0.3, 0.4) is 0 Å². The highest BCUT2D eigenvalue weighted by molar-refractivity contribution is 7.13. The Hall–Kier alpha value is -2.61. The normalized spacial score (nSPS) is 10.7. The van der Waals surface area contributed by atoms with E-state index in [0.29, 0.717) is 34.4 Å². The van der Waals surface area contributed by atoms with Crippen molar-refractivity contribution >= 4 is 22.4 Å². The molecule has 0 aliphatic heterocycles. The lowest BCUT2D eigenvalue weighted by Crippen LogP contribution is -2.12. The highest BCUT2D eigenvalue weighted by Crippen LogP contribution is 2.19. The van der Waals surface area contributed by atoms with Crippen molar-refractivity contribution in [1.29, 1.82) is 0 Å². The lowest BCUT2D eigenvalue weighted by Gasteiger charge is -1.99. The molecule has 1 aromatic carbocycles. The predicted molar refractivity (Wildman–Crippen MR) is 83.5 cm³/mol. The largest absolute Gasteiger partial charge is 0.339 e. The molecule has 0 saturated heterocycles. The Balaban J connectivity index is 1.61. The van der Waals surface area contributed by atoms with Crippen molar-refractivity contribution in [2.75, 3.05) is 5.32 Å². The van der Waals surface area contributed by atoms with Crippen LogP contribution in [0.4, 0.5) is 9.52 Å². The van der Waals surface area contributed by atoms with Gasteiger partial charge in [0.05, 0.1) is 0 Å². The van der Waals surface area contributed by atoms with Crippen molar-refractivity contribution in [2.45, 2.75) is 19.8 Å². The Bertz CT molecular complexity index is 817. The van der Waals surface area contributed by atoms with E-state index in [1.165, 1.54) is 17.4 Å². The number of benzene rings is 1. The molecule has 0 saturated carbocycles. The number of rotatable bonds is 5. The molecule has 0 unspecified atom stereocenters. The Kier molecular flexibility index (Phi) is 4.42. The van der Waals surface area contributed by atoms with Crippen molar-refractivity contribution < 1.29 is 13.7 Å². The number of nitrogens with zero attached hydrogens (tertiary/aromatic N) is 3. The second-order valence-corrected chi connectivity index (χ2v) is 5.76. The van der Waals surface area contributed by atoms with E-state index < -0.39 is 0 Å². The van der Waals surface area contributed by atoms with Crippen LogP contribution in [0.15, 0.2) is 34.3 Å². The molecule has 118 valence electrons. The molecule has 0 bridgehead atoms. The Labute approximate surface area is 135 Å². The lowest BCUT2D eigenvalue weighted by atomic mass is 10.1. The minimum Gasteiger partial charge on any atom is -0.339 e. The van der Waals surface area contributed by atoms with Gasteiger partial charge < -0.3 is 9.84 Å². The van der Waals surface area contributed by atoms with Crippen LogP contribution in [0, 0.1) is 12.7 Å². The first kappa shape index (κ1) is 15.3. The minimum atomic E-state index is -0.281. The summed E-state index contributed by atoms with van der Waals surface area (Å²) in [6.07, 6.45) is 2.16. The molecule has 3 rings (SSSR count). The molecule has 1 N–H and O–H groups in total. The molecular weight excluding hydrogens is 319 g/mol. The van der Waals surface area contributed by atoms with Gasteiger partial charge in [0.25, 0.3) is 0 Å². The summed E-state index contributed by atoms with van der Waals surface area (Å²) in [7, 11) is 0. The summed E-state index contributed by atoms with van der Waals surface area (Å²) in [4.78, 5) is 20.0. The van der Waals surface area contributed by atoms with E-state index in [4.69, 9.17) is 4.52 Å². The third kappa shape index (κ3) is 3.78. The van der Waals surface area contributed by atoms with Crippen molar-refractivity contribution in [3.05, 3.63) is 47.0 Å². The molecule has 0 fully saturated rings. The van der Waals surface area contributed by atoms with Crippen molar-refractivity contribution in [3.63, 3.8) is 0 Å². The number of hydrogen-bond donors (Lipinski definition) is 1. The fourth-order valence-electron chi connectivity index (χ4n) is 1.94. The smallest absolute Gasteiger partial charge is 0.227 e. The number of carbonyl (C=O) groups is 1. The Morgan fingerprint density at radius 1 is 1.43 bits per heavy atom. The van der Waals surface area contributed by atoms with E-state index in [9.17, 15) is 9.18 Å². The fraction of sp³-hybridized carbons (Fsp3) is 0.200. The molecule has 0 aliphatic carbocycles. The van der Waals surface area contributed by atoms with Crippen LogP contribution in [0.2, 0.25) is 0 Å². The zero-order valence-electron chi connectivity index (χ0n) is 12.2. The van der Waals surface area contributed by atoms with E-state index in [1.54, 1.807) is 30.6 Å². The number of halogens is 1. The van der Waals surface area contributed by atoms with Crippen LogP contribution in [0.1, 0.15) is 17.9 Å². The highest BCUT2D eigenvalue weighted by atomic mass is 32.1. The molecule has 23 heavy (non-hydrogen) atoms. The summed E-state index contributed by atoms with van der Waals surface area (Å²) >= 11 is 1.35. The average Bonchev–Trinajstić information content (AvgIpc) is 3.19. The second kappa shape index (κ2) is 6.66. The van der Waals surface area contributed by atoms with Gasteiger partial charge in [-0.15, -0.1) is 11.3 Å². The molecule has 0 aliphatic rings. The van der Waals surface area contributed by atoms with Crippen LogP contribution in [0.5, 0.6) is 0 Å². The van der Waals surface area contributed by atoms with Gasteiger partial charge in [0.1, 0.15) is 5.82 Å². The van der Waals surface area contributed by atoms with Gasteiger partial charge in [-0.05, 0) is 30.7 Å². The maximum absolute atomic E-state index is 13.3. The van der Waals surface area contributed by atoms with E-state index >= 15 is 0 Å². The molecule has 0 spiro atoms. The first-order chi connectivity index (χ1) is 11.1. The molecule has 1 amide bonds. The maximum Gasteiger partial charge on any atom is 0.227 e. The number of carbonyl (C=O) groups excluding carboxylic acids is 1. The second-order valence-electron chi connectivity index (χ2n) is 4.86. The van der Waals surface area contributed by atoms with E-state index in [2.05, 4.69) is 20.4 Å². The standard InChI is InChI=1S/C15H13FN4O2S/c1-9-8-10(2-3-11(9)16)14-19-13(22-20-14)5-4-12(21)18-15-17-6-7-23-15/h2-3,6-8H,4-5H2,1H3,(H,17,18,21). The van der Waals surface area contributed by atoms with Gasteiger partial charge in [-0.3, -0.25) is 4.79 Å². The Morgan fingerprint density at radius 2 is 2.30 bits per heavy atom. The molecule has 3 aromatic rings. The summed E-state index contributed by atoms with van der Waals surface area (Å²) < 4.78 is 18.4. The van der Waals surface area contributed by atoms with Gasteiger partial charge in [0, 0.05) is 30.0 Å². The van der Waals surface area contributed by atoms with Crippen molar-refractivity contribution in [3.8, 4) is 11.4 Å². The molecule has 6 nitrogen and oxygen atoms in total. The molecule has 8 heteroatoms. The first-order valence-electron chi connectivity index (χ1n) is 6.90. The number of aromatic nitrogens is 3. The van der Waals surface area contributed by atoms with Crippen LogP contribution < -0.4 is 5.32 Å². The van der Waals surface area contributed by atoms with Gasteiger partial charge >= 0.3 is 0 Å². The average molecular weight is 332 g/mol. The van der Waals surface area contributed by atoms with Crippen LogP contribution >= 0.6 is 11.3 Å². The number of anilines is 1. The number of amides is 1. The summed E-state index contributed by atoms with van der Waals surface area (Å²) in [6, 6.07) is 4.60. The quantitative estimate of drug-likeness (QED) is 0.776. The number of thiazole rings is 1. The van der Waals surface area contributed by atoms with E-state index in [0.717, 1.165) is 0 Å². The zero-order valence-corrected chi connectivity index (χ0v) is 13.1. The Morgan fingerprint density at radius 3 is 3.04 bits per heavy atom. The lowest BCUT2D eigenvalue weighted by molar-refractivity contribution is -0.116. The molecule has 2 heterocycles. The maximum atomic E-state index is 13.3. The minimum absolute atomic E-state index is 0.169. The first-order valence-corrected chi connectivity index (χ1v) is 7.78. The third-order valence-corrected chi connectivity index (χ3v) is 3.82. The molecule has 0 radical (unpaired) electrons. The summed E-state index contributed by atoms with van der Waals surface area (Å²) in [5.41, 5.74) is 1.18. The highest BCUT2D eigenvalue weighted by Gasteiger charge is 2.12. The van der Waals surface area contributed by atoms with E-state index in [1.807, 2.05) is 0 Å². The zero-order chi connectivity index (χ0) is 16.2. The van der Waals surface area contributed by atoms with Crippen LogP contribution in [0.25, 0.3) is 11.4 Å². The predicted octanol–water partition coefficient (Wildman–Crippen LogP) is 3.21. The number of hydrogen-bond acceptors (Lipinski definition) is 6. The van der Waals surface area contributed by atoms with E-state index in [-0.39, 0.29) is 18.1 Å².